The molecule has 1 aromatic heterocycles. The minimum atomic E-state index is -4.72. The van der Waals surface area contributed by atoms with Gasteiger partial charge >= 0.3 is 12.3 Å². The van der Waals surface area contributed by atoms with Crippen molar-refractivity contribution in [2.75, 3.05) is 20.2 Å². The number of amides is 3. The van der Waals surface area contributed by atoms with Crippen molar-refractivity contribution < 1.29 is 50.5 Å². The molecule has 0 spiro atoms. The number of hydrogen-bond donors (Lipinski definition) is 1. The number of unbranched alkanes of at least 4 members (excludes halogenated alkanes) is 1. The molecule has 274 valence electrons. The van der Waals surface area contributed by atoms with E-state index in [4.69, 9.17) is 9.57 Å². The third kappa shape index (κ3) is 8.31. The Morgan fingerprint density at radius 2 is 1.63 bits per heavy atom. The molecule has 0 fully saturated rings. The van der Waals surface area contributed by atoms with Crippen molar-refractivity contribution in [1.29, 1.82) is 0 Å². The molecule has 1 atom stereocenters. The van der Waals surface area contributed by atoms with Gasteiger partial charge in [0, 0.05) is 5.56 Å². The summed E-state index contributed by atoms with van der Waals surface area (Å²) in [6.07, 6.45) is -6.63. The second-order valence-electron chi connectivity index (χ2n) is 11.6. The van der Waals surface area contributed by atoms with Crippen LogP contribution in [-0.4, -0.2) is 77.4 Å². The molecule has 3 aromatic carbocycles. The minimum Gasteiger partial charge on any atom is -0.569 e. The Morgan fingerprint density at radius 3 is 2.23 bits per heavy atom. The van der Waals surface area contributed by atoms with E-state index in [1.165, 1.54) is 38.2 Å². The van der Waals surface area contributed by atoms with E-state index in [9.17, 15) is 41.2 Å². The van der Waals surface area contributed by atoms with Gasteiger partial charge in [0.15, 0.2) is 5.69 Å². The van der Waals surface area contributed by atoms with Crippen LogP contribution in [0.25, 0.3) is 16.9 Å². The lowest BCUT2D eigenvalue weighted by molar-refractivity contribution is -0.707. The Hall–Kier alpha value is -5.98. The van der Waals surface area contributed by atoms with Crippen LogP contribution < -0.4 is 4.72 Å². The van der Waals surface area contributed by atoms with Gasteiger partial charge in [-0.25, -0.2) is 27.5 Å². The van der Waals surface area contributed by atoms with Crippen molar-refractivity contribution in [3.63, 3.8) is 0 Å². The molecular weight excluding hydrogens is 711 g/mol. The lowest BCUT2D eigenvalue weighted by atomic mass is 10.1. The fourth-order valence-electron chi connectivity index (χ4n) is 5.06. The maximum atomic E-state index is 13.5. The number of halogens is 3. The van der Waals surface area contributed by atoms with Gasteiger partial charge in [-0.2, -0.15) is 18.3 Å². The number of aromatic nitrogens is 2. The maximum absolute atomic E-state index is 13.5. The number of alkyl halides is 3. The third-order valence-electron chi connectivity index (χ3n) is 7.82. The van der Waals surface area contributed by atoms with Gasteiger partial charge in [0.25, 0.3) is 21.8 Å². The molecule has 15 nitrogen and oxygen atoms in total. The van der Waals surface area contributed by atoms with E-state index in [0.29, 0.717) is 12.0 Å². The predicted molar refractivity (Wildman–Crippen MR) is 176 cm³/mol. The largest absolute Gasteiger partial charge is 0.569 e. The van der Waals surface area contributed by atoms with E-state index in [1.54, 1.807) is 41.1 Å². The number of nitrogens with one attached hydrogen (secondary N) is 1. The van der Waals surface area contributed by atoms with E-state index >= 15 is 0 Å². The van der Waals surface area contributed by atoms with Gasteiger partial charge in [-0.1, -0.05) is 42.0 Å². The molecule has 5 rings (SSSR count). The standard InChI is InChI=1S/C33H32F3N7O8S/c1-21-10-12-23(13-11-21)28-20-29(33(34,35)36)37-42(28)24-14-16-25(17-15-24)52(48,49)38-32(46)50-19-7-6-18-40(3)43(47)39-51-22(2)41-30(44)26-8-4-5-9-27(26)31(41)45/h4-5,8-17,20,22H,6-7,18-19H2,1-3H3,(H,38,46). The van der Waals surface area contributed by atoms with Crippen molar-refractivity contribution in [1.82, 2.24) is 24.4 Å². The fraction of sp³-hybridized carbons (Fsp3) is 0.273. The number of ether oxygens (including phenoxy) is 1. The summed E-state index contributed by atoms with van der Waals surface area (Å²) in [6, 6.07) is 18.6. The van der Waals surface area contributed by atoms with E-state index in [0.717, 1.165) is 38.4 Å². The third-order valence-corrected chi connectivity index (χ3v) is 9.14. The SMILES string of the molecule is Cc1ccc(-c2cc(C(F)(F)F)nn2-c2ccc(S(=O)(=O)NC(=O)OCCCCN(C)[N+]([O-])=NOC(C)N3C(=O)c4ccccc4C3=O)cc2)cc1. The zero-order chi connectivity index (χ0) is 37.8. The number of rotatable bonds is 13. The number of nitrogens with zero attached hydrogens (tertiary/aromatic N) is 6. The zero-order valence-corrected chi connectivity index (χ0v) is 28.7. The molecule has 52 heavy (non-hydrogen) atoms. The predicted octanol–water partition coefficient (Wildman–Crippen LogP) is 5.44. The monoisotopic (exact) mass is 743 g/mol. The number of hydrazine groups is 1. The number of carbonyl (C=O) groups excluding carboxylic acids is 3. The fourth-order valence-corrected chi connectivity index (χ4v) is 5.95. The normalized spacial score (nSPS) is 13.9. The summed E-state index contributed by atoms with van der Waals surface area (Å²) in [5.74, 6) is -1.15. The van der Waals surface area contributed by atoms with Crippen molar-refractivity contribution >= 4 is 27.9 Å². The quantitative estimate of drug-likeness (QED) is 0.0609. The molecule has 1 N–H and O–H groups in total. The number of imide groups is 1. The average Bonchev–Trinajstić information content (AvgIpc) is 3.67. The molecule has 0 radical (unpaired) electrons. The molecule has 1 unspecified atom stereocenters. The van der Waals surface area contributed by atoms with Crippen LogP contribution in [0.4, 0.5) is 18.0 Å². The molecule has 4 aromatic rings. The number of aryl methyl sites for hydroxylation is 1. The molecule has 0 bridgehead atoms. The van der Waals surface area contributed by atoms with Crippen molar-refractivity contribution in [3.8, 4) is 16.9 Å². The molecule has 0 aliphatic carbocycles. The van der Waals surface area contributed by atoms with Crippen molar-refractivity contribution in [2.24, 2.45) is 5.28 Å². The van der Waals surface area contributed by atoms with Gasteiger partial charge in [-0.15, -0.1) is 5.01 Å². The van der Waals surface area contributed by atoms with Gasteiger partial charge in [0.2, 0.25) is 11.5 Å². The Balaban J connectivity index is 1.09. The van der Waals surface area contributed by atoms with E-state index in [2.05, 4.69) is 10.4 Å². The van der Waals surface area contributed by atoms with Crippen LogP contribution in [0.1, 0.15) is 51.7 Å². The van der Waals surface area contributed by atoms with E-state index < -0.39 is 46.0 Å². The molecule has 19 heteroatoms. The highest BCUT2D eigenvalue weighted by atomic mass is 32.2. The second-order valence-corrected chi connectivity index (χ2v) is 13.3. The summed E-state index contributed by atoms with van der Waals surface area (Å²) < 4.78 is 73.9. The van der Waals surface area contributed by atoms with E-state index in [1.807, 2.05) is 6.92 Å². The van der Waals surface area contributed by atoms with Crippen LogP contribution in [0.2, 0.25) is 0 Å². The summed E-state index contributed by atoms with van der Waals surface area (Å²) in [4.78, 5) is 43.0. The van der Waals surface area contributed by atoms with Gasteiger partial charge in [-0.3, -0.25) is 9.59 Å². The highest BCUT2D eigenvalue weighted by Gasteiger charge is 2.40. The summed E-state index contributed by atoms with van der Waals surface area (Å²) in [6.45, 7) is 3.12. The maximum Gasteiger partial charge on any atom is 0.435 e. The Morgan fingerprint density at radius 1 is 1.02 bits per heavy atom. The molecule has 2 heterocycles. The molecule has 0 saturated carbocycles. The minimum absolute atomic E-state index is 0.111. The number of sulfonamides is 1. The van der Waals surface area contributed by atoms with Crippen LogP contribution in [0.5, 0.6) is 0 Å². The van der Waals surface area contributed by atoms with Gasteiger partial charge in [0.05, 0.1) is 52.6 Å². The summed E-state index contributed by atoms with van der Waals surface area (Å²) in [5.41, 5.74) is 0.949. The van der Waals surface area contributed by atoms with Crippen LogP contribution in [0.15, 0.2) is 89.0 Å². The molecular formula is C33H32F3N7O8S. The van der Waals surface area contributed by atoms with Gasteiger partial charge < -0.3 is 14.8 Å². The van der Waals surface area contributed by atoms with Crippen molar-refractivity contribution in [3.05, 3.63) is 106 Å². The van der Waals surface area contributed by atoms with Crippen LogP contribution in [0, 0.1) is 12.1 Å². The first-order valence-corrected chi connectivity index (χ1v) is 17.1. The van der Waals surface area contributed by atoms with Gasteiger partial charge in [0.1, 0.15) is 0 Å². The topological polar surface area (TPSA) is 179 Å². The number of hydrogen-bond acceptors (Lipinski definition) is 10. The van der Waals surface area contributed by atoms with Crippen molar-refractivity contribution in [2.45, 2.75) is 44.0 Å². The first-order chi connectivity index (χ1) is 24.6. The van der Waals surface area contributed by atoms with Gasteiger partial charge in [-0.05, 0) is 69.2 Å². The lowest BCUT2D eigenvalue weighted by Gasteiger charge is -2.19. The molecule has 0 saturated heterocycles. The first-order valence-electron chi connectivity index (χ1n) is 15.6. The molecule has 3 amide bonds. The summed E-state index contributed by atoms with van der Waals surface area (Å²) in [5, 5.41) is 20.5. The molecule has 1 aliphatic heterocycles. The molecule has 1 aliphatic rings. The van der Waals surface area contributed by atoms with Crippen LogP contribution >= 0.6 is 0 Å². The van der Waals surface area contributed by atoms with E-state index in [-0.39, 0.29) is 51.9 Å². The number of benzene rings is 3. The Kier molecular flexibility index (Phi) is 10.8. The summed E-state index contributed by atoms with van der Waals surface area (Å²) >= 11 is 0. The Labute approximate surface area is 295 Å². The number of fused-ring (bicyclic) bond motifs is 1. The van der Waals surface area contributed by atoms with Crippen LogP contribution in [0.3, 0.4) is 0 Å². The first kappa shape index (κ1) is 37.3. The van der Waals surface area contributed by atoms with Crippen LogP contribution in [-0.2, 0) is 25.8 Å². The Bertz CT molecular complexity index is 2070. The second kappa shape index (κ2) is 15.1. The summed E-state index contributed by atoms with van der Waals surface area (Å²) in [7, 11) is -3.02. The highest BCUT2D eigenvalue weighted by Crippen LogP contribution is 2.33. The smallest absolute Gasteiger partial charge is 0.435 e. The lowest BCUT2D eigenvalue weighted by Crippen LogP contribution is -2.39. The highest BCUT2D eigenvalue weighted by molar-refractivity contribution is 7.90. The number of carbonyl (C=O) groups is 3. The average molecular weight is 744 g/mol. The zero-order valence-electron chi connectivity index (χ0n) is 27.9.